The van der Waals surface area contributed by atoms with Crippen LogP contribution < -0.4 is 4.72 Å². The summed E-state index contributed by atoms with van der Waals surface area (Å²) in [6.07, 6.45) is 1.99. The Balaban J connectivity index is 2.26. The monoisotopic (exact) mass is 335 g/mol. The summed E-state index contributed by atoms with van der Waals surface area (Å²) in [7, 11) is -1.88. The summed E-state index contributed by atoms with van der Waals surface area (Å²) in [5.41, 5.74) is 1.85. The predicted molar refractivity (Wildman–Crippen MR) is 93.2 cm³/mol. The van der Waals surface area contributed by atoms with Gasteiger partial charge < -0.3 is 0 Å². The molecular weight excluding hydrogens is 310 g/mol. The van der Waals surface area contributed by atoms with Crippen LogP contribution in [0.4, 0.5) is 5.82 Å². The summed E-state index contributed by atoms with van der Waals surface area (Å²) < 4.78 is 29.2. The summed E-state index contributed by atoms with van der Waals surface area (Å²) in [5.74, 6) is 0.465. The van der Waals surface area contributed by atoms with Crippen molar-refractivity contribution >= 4 is 15.8 Å². The van der Waals surface area contributed by atoms with Crippen molar-refractivity contribution in [3.05, 3.63) is 41.6 Å². The molecule has 6 heteroatoms. The molecule has 0 aliphatic carbocycles. The van der Waals surface area contributed by atoms with E-state index in [2.05, 4.69) is 16.7 Å². The van der Waals surface area contributed by atoms with Crippen LogP contribution in [0.2, 0.25) is 0 Å². The fourth-order valence-corrected chi connectivity index (χ4v) is 3.33. The van der Waals surface area contributed by atoms with Crippen LogP contribution in [0.15, 0.2) is 35.2 Å². The van der Waals surface area contributed by atoms with Crippen LogP contribution in [0.5, 0.6) is 0 Å². The largest absolute Gasteiger partial charge is 0.264 e. The maximum absolute atomic E-state index is 12.5. The van der Waals surface area contributed by atoms with Crippen LogP contribution in [-0.4, -0.2) is 18.2 Å². The first kappa shape index (κ1) is 17.5. The van der Waals surface area contributed by atoms with Gasteiger partial charge in [-0.2, -0.15) is 5.10 Å². The number of rotatable bonds is 5. The smallest absolute Gasteiger partial charge is 0.263 e. The number of nitrogens with one attached hydrogen (secondary N) is 1. The van der Waals surface area contributed by atoms with Crippen molar-refractivity contribution < 1.29 is 8.42 Å². The average Bonchev–Trinajstić information content (AvgIpc) is 2.81. The quantitative estimate of drug-likeness (QED) is 0.910. The van der Waals surface area contributed by atoms with Crippen molar-refractivity contribution in [2.24, 2.45) is 7.05 Å². The third-order valence-electron chi connectivity index (χ3n) is 3.66. The van der Waals surface area contributed by atoms with Crippen molar-refractivity contribution in [1.29, 1.82) is 0 Å². The van der Waals surface area contributed by atoms with Crippen LogP contribution in [0.1, 0.15) is 45.4 Å². The van der Waals surface area contributed by atoms with Crippen LogP contribution in [0, 0.1) is 0 Å². The lowest BCUT2D eigenvalue weighted by molar-refractivity contribution is 0.553. The van der Waals surface area contributed by atoms with Gasteiger partial charge in [-0.05, 0) is 24.1 Å². The number of aromatic nitrogens is 2. The number of hydrogen-bond donors (Lipinski definition) is 1. The summed E-state index contributed by atoms with van der Waals surface area (Å²) in [6.45, 7) is 8.22. The molecule has 1 aromatic carbocycles. The first-order chi connectivity index (χ1) is 10.6. The minimum Gasteiger partial charge on any atom is -0.264 e. The molecule has 2 rings (SSSR count). The Hall–Kier alpha value is -1.82. The maximum atomic E-state index is 12.5. The molecule has 23 heavy (non-hydrogen) atoms. The molecule has 126 valence electrons. The zero-order valence-corrected chi connectivity index (χ0v) is 15.2. The molecule has 0 spiro atoms. The Morgan fingerprint density at radius 1 is 1.17 bits per heavy atom. The lowest BCUT2D eigenvalue weighted by Crippen LogP contribution is -2.15. The van der Waals surface area contributed by atoms with Crippen LogP contribution in [0.25, 0.3) is 0 Å². The topological polar surface area (TPSA) is 64.0 Å². The molecule has 0 fully saturated rings. The van der Waals surface area contributed by atoms with Crippen molar-refractivity contribution in [2.75, 3.05) is 4.72 Å². The molecule has 0 radical (unpaired) electrons. The van der Waals surface area contributed by atoms with E-state index in [0.29, 0.717) is 5.82 Å². The maximum Gasteiger partial charge on any atom is 0.263 e. The number of anilines is 1. The first-order valence-electron chi connectivity index (χ1n) is 7.80. The van der Waals surface area contributed by atoms with Crippen LogP contribution in [0.3, 0.4) is 0 Å². The molecule has 0 bridgehead atoms. The van der Waals surface area contributed by atoms with Crippen molar-refractivity contribution in [3.8, 4) is 0 Å². The second-order valence-electron chi connectivity index (χ2n) is 6.79. The van der Waals surface area contributed by atoms with E-state index in [0.717, 1.165) is 24.1 Å². The van der Waals surface area contributed by atoms with Gasteiger partial charge in [-0.25, -0.2) is 8.42 Å². The van der Waals surface area contributed by atoms with Gasteiger partial charge >= 0.3 is 0 Å². The lowest BCUT2D eigenvalue weighted by atomic mass is 9.92. The van der Waals surface area contributed by atoms with Gasteiger partial charge in [-0.3, -0.25) is 9.40 Å². The Morgan fingerprint density at radius 3 is 2.26 bits per heavy atom. The van der Waals surface area contributed by atoms with E-state index in [-0.39, 0.29) is 10.3 Å². The molecule has 1 heterocycles. The third kappa shape index (κ3) is 4.13. The zero-order chi connectivity index (χ0) is 17.3. The molecule has 0 aliphatic rings. The highest BCUT2D eigenvalue weighted by atomic mass is 32.2. The Bertz CT molecular complexity index is 769. The molecule has 2 aromatic rings. The van der Waals surface area contributed by atoms with E-state index in [1.165, 1.54) is 0 Å². The van der Waals surface area contributed by atoms with Crippen molar-refractivity contribution in [2.45, 2.75) is 50.8 Å². The minimum atomic E-state index is -3.61. The number of nitrogens with zero attached hydrogens (tertiary/aromatic N) is 2. The Kier molecular flexibility index (Phi) is 4.84. The second-order valence-corrected chi connectivity index (χ2v) is 8.47. The van der Waals surface area contributed by atoms with Gasteiger partial charge in [0.05, 0.1) is 10.6 Å². The third-order valence-corrected chi connectivity index (χ3v) is 5.03. The molecule has 0 unspecified atom stereocenters. The summed E-state index contributed by atoms with van der Waals surface area (Å²) in [6, 6.07) is 8.80. The van der Waals surface area contributed by atoms with Crippen molar-refractivity contribution in [1.82, 2.24) is 9.78 Å². The molecule has 1 aromatic heterocycles. The van der Waals surface area contributed by atoms with E-state index in [4.69, 9.17) is 0 Å². The number of hydrogen-bond acceptors (Lipinski definition) is 3. The molecule has 1 N–H and O–H groups in total. The summed E-state index contributed by atoms with van der Waals surface area (Å²) in [4.78, 5) is 0.260. The van der Waals surface area contributed by atoms with E-state index in [1.54, 1.807) is 29.9 Å². The highest BCUT2D eigenvalue weighted by Crippen LogP contribution is 2.25. The molecule has 0 saturated heterocycles. The van der Waals surface area contributed by atoms with Gasteiger partial charge in [-0.1, -0.05) is 46.2 Å². The number of sulfonamides is 1. The fraction of sp³-hybridized carbons (Fsp3) is 0.471. The minimum absolute atomic E-state index is 0.136. The van der Waals surface area contributed by atoms with E-state index in [9.17, 15) is 8.42 Å². The summed E-state index contributed by atoms with van der Waals surface area (Å²) in [5, 5.41) is 4.39. The van der Waals surface area contributed by atoms with Gasteiger partial charge in [0.15, 0.2) is 0 Å². The highest BCUT2D eigenvalue weighted by Gasteiger charge is 2.22. The van der Waals surface area contributed by atoms with E-state index < -0.39 is 10.0 Å². The standard InChI is InChI=1S/C17H25N3O2S/c1-6-7-13-8-10-14(11-9-13)23(21,22)19-16-12-15(17(2,3)4)18-20(16)5/h8-12,19H,6-7H2,1-5H3. The molecule has 5 nitrogen and oxygen atoms in total. The Morgan fingerprint density at radius 2 is 1.78 bits per heavy atom. The molecule has 0 aliphatic heterocycles. The van der Waals surface area contributed by atoms with Crippen molar-refractivity contribution in [3.63, 3.8) is 0 Å². The SMILES string of the molecule is CCCc1ccc(S(=O)(=O)Nc2cc(C(C)(C)C)nn2C)cc1. The predicted octanol–water partition coefficient (Wildman–Crippen LogP) is 3.47. The van der Waals surface area contributed by atoms with E-state index >= 15 is 0 Å². The van der Waals surface area contributed by atoms with E-state index in [1.807, 2.05) is 32.9 Å². The summed E-state index contributed by atoms with van der Waals surface area (Å²) >= 11 is 0. The van der Waals surface area contributed by atoms with Gasteiger partial charge in [-0.15, -0.1) is 0 Å². The second kappa shape index (κ2) is 6.35. The molecular formula is C17H25N3O2S. The zero-order valence-electron chi connectivity index (χ0n) is 14.4. The molecule has 0 atom stereocenters. The number of aryl methyl sites for hydroxylation is 2. The first-order valence-corrected chi connectivity index (χ1v) is 9.28. The van der Waals surface area contributed by atoms with Gasteiger partial charge in [0, 0.05) is 18.5 Å². The van der Waals surface area contributed by atoms with Crippen LogP contribution in [-0.2, 0) is 28.9 Å². The van der Waals surface area contributed by atoms with Gasteiger partial charge in [0.2, 0.25) is 0 Å². The van der Waals surface area contributed by atoms with Gasteiger partial charge in [0.1, 0.15) is 5.82 Å². The Labute approximate surface area is 138 Å². The van der Waals surface area contributed by atoms with Crippen LogP contribution >= 0.6 is 0 Å². The van der Waals surface area contributed by atoms with Gasteiger partial charge in [0.25, 0.3) is 10.0 Å². The average molecular weight is 335 g/mol. The molecule has 0 amide bonds. The number of benzene rings is 1. The fourth-order valence-electron chi connectivity index (χ4n) is 2.25. The normalized spacial score (nSPS) is 12.4. The lowest BCUT2D eigenvalue weighted by Gasteiger charge is -2.13. The molecule has 0 saturated carbocycles. The highest BCUT2D eigenvalue weighted by molar-refractivity contribution is 7.92.